The van der Waals surface area contributed by atoms with Crippen molar-refractivity contribution in [2.75, 3.05) is 6.54 Å². The SMILES string of the molecule is Cc1cc2cc(O)ccc2n1CCN. The van der Waals surface area contributed by atoms with Gasteiger partial charge in [-0.1, -0.05) is 0 Å². The molecule has 0 aliphatic carbocycles. The Hall–Kier alpha value is -1.48. The number of phenols is 1. The normalized spacial score (nSPS) is 11.0. The molecule has 0 atom stereocenters. The topological polar surface area (TPSA) is 51.2 Å². The quantitative estimate of drug-likeness (QED) is 0.756. The van der Waals surface area contributed by atoms with Crippen molar-refractivity contribution >= 4 is 10.9 Å². The van der Waals surface area contributed by atoms with Crippen LogP contribution in [-0.4, -0.2) is 16.2 Å². The van der Waals surface area contributed by atoms with Gasteiger partial charge in [0, 0.05) is 29.7 Å². The summed E-state index contributed by atoms with van der Waals surface area (Å²) >= 11 is 0. The molecule has 3 nitrogen and oxygen atoms in total. The standard InChI is InChI=1S/C11H14N2O/c1-8-6-9-7-10(14)2-3-11(9)13(8)5-4-12/h2-3,6-7,14H,4-5,12H2,1H3. The van der Waals surface area contributed by atoms with Gasteiger partial charge in [0.2, 0.25) is 0 Å². The van der Waals surface area contributed by atoms with Gasteiger partial charge in [0.25, 0.3) is 0 Å². The molecule has 0 aliphatic rings. The van der Waals surface area contributed by atoms with E-state index in [1.807, 2.05) is 13.0 Å². The van der Waals surface area contributed by atoms with E-state index in [-0.39, 0.29) is 0 Å². The highest BCUT2D eigenvalue weighted by atomic mass is 16.3. The molecule has 0 unspecified atom stereocenters. The summed E-state index contributed by atoms with van der Waals surface area (Å²) in [7, 11) is 0. The zero-order valence-electron chi connectivity index (χ0n) is 8.20. The average Bonchev–Trinajstić information content (AvgIpc) is 2.43. The maximum Gasteiger partial charge on any atom is 0.116 e. The molecule has 1 heterocycles. The monoisotopic (exact) mass is 190 g/mol. The second kappa shape index (κ2) is 3.35. The molecule has 1 aromatic heterocycles. The summed E-state index contributed by atoms with van der Waals surface area (Å²) in [5, 5.41) is 10.4. The van der Waals surface area contributed by atoms with E-state index in [0.29, 0.717) is 12.3 Å². The number of hydrogen-bond donors (Lipinski definition) is 2. The van der Waals surface area contributed by atoms with Gasteiger partial charge < -0.3 is 15.4 Å². The summed E-state index contributed by atoms with van der Waals surface area (Å²) in [5.41, 5.74) is 7.85. The number of aryl methyl sites for hydroxylation is 1. The second-order valence-corrected chi connectivity index (χ2v) is 3.47. The van der Waals surface area contributed by atoms with Crippen LogP contribution in [0.2, 0.25) is 0 Å². The predicted molar refractivity (Wildman–Crippen MR) is 57.4 cm³/mol. The highest BCUT2D eigenvalue weighted by molar-refractivity contribution is 5.82. The van der Waals surface area contributed by atoms with Crippen molar-refractivity contribution in [2.24, 2.45) is 5.73 Å². The van der Waals surface area contributed by atoms with E-state index in [0.717, 1.165) is 17.4 Å². The Morgan fingerprint density at radius 1 is 1.36 bits per heavy atom. The van der Waals surface area contributed by atoms with Gasteiger partial charge >= 0.3 is 0 Å². The second-order valence-electron chi connectivity index (χ2n) is 3.47. The van der Waals surface area contributed by atoms with Crippen LogP contribution in [0, 0.1) is 6.92 Å². The molecular weight excluding hydrogens is 176 g/mol. The van der Waals surface area contributed by atoms with E-state index in [9.17, 15) is 5.11 Å². The molecule has 0 amide bonds. The fraction of sp³-hybridized carbons (Fsp3) is 0.273. The van der Waals surface area contributed by atoms with E-state index in [1.165, 1.54) is 5.69 Å². The van der Waals surface area contributed by atoms with Crippen LogP contribution in [0.1, 0.15) is 5.69 Å². The Labute approximate surface area is 82.8 Å². The molecule has 14 heavy (non-hydrogen) atoms. The number of fused-ring (bicyclic) bond motifs is 1. The van der Waals surface area contributed by atoms with Gasteiger partial charge in [-0.2, -0.15) is 0 Å². The minimum atomic E-state index is 0.308. The van der Waals surface area contributed by atoms with Crippen LogP contribution in [-0.2, 0) is 6.54 Å². The van der Waals surface area contributed by atoms with Crippen LogP contribution in [0.4, 0.5) is 0 Å². The Morgan fingerprint density at radius 2 is 2.14 bits per heavy atom. The number of aromatic hydroxyl groups is 1. The highest BCUT2D eigenvalue weighted by Crippen LogP contribution is 2.23. The molecular formula is C11H14N2O. The average molecular weight is 190 g/mol. The molecule has 74 valence electrons. The van der Waals surface area contributed by atoms with Gasteiger partial charge in [0.1, 0.15) is 5.75 Å². The number of phenolic OH excluding ortho intramolecular Hbond substituents is 1. The van der Waals surface area contributed by atoms with E-state index >= 15 is 0 Å². The summed E-state index contributed by atoms with van der Waals surface area (Å²) in [4.78, 5) is 0. The first-order chi connectivity index (χ1) is 6.72. The van der Waals surface area contributed by atoms with Gasteiger partial charge in [0.05, 0.1) is 0 Å². The number of nitrogens with two attached hydrogens (primary N) is 1. The van der Waals surface area contributed by atoms with Crippen molar-refractivity contribution in [3.63, 3.8) is 0 Å². The fourth-order valence-corrected chi connectivity index (χ4v) is 1.82. The Bertz CT molecular complexity index is 460. The van der Waals surface area contributed by atoms with Crippen molar-refractivity contribution in [2.45, 2.75) is 13.5 Å². The van der Waals surface area contributed by atoms with Crippen LogP contribution in [0.25, 0.3) is 10.9 Å². The van der Waals surface area contributed by atoms with E-state index < -0.39 is 0 Å². The zero-order valence-corrected chi connectivity index (χ0v) is 8.20. The molecule has 0 bridgehead atoms. The lowest BCUT2D eigenvalue weighted by atomic mass is 10.2. The summed E-state index contributed by atoms with van der Waals surface area (Å²) in [6, 6.07) is 7.46. The predicted octanol–water partition coefficient (Wildman–Crippen LogP) is 1.61. The van der Waals surface area contributed by atoms with Gasteiger partial charge in [-0.25, -0.2) is 0 Å². The van der Waals surface area contributed by atoms with Crippen molar-refractivity contribution in [3.05, 3.63) is 30.0 Å². The summed E-state index contributed by atoms with van der Waals surface area (Å²) in [6.45, 7) is 3.50. The maximum absolute atomic E-state index is 9.33. The first kappa shape index (κ1) is 9.09. The van der Waals surface area contributed by atoms with Gasteiger partial charge in [-0.3, -0.25) is 0 Å². The number of benzene rings is 1. The van der Waals surface area contributed by atoms with Crippen molar-refractivity contribution in [1.82, 2.24) is 4.57 Å². The fourth-order valence-electron chi connectivity index (χ4n) is 1.82. The minimum absolute atomic E-state index is 0.308. The molecule has 1 aromatic carbocycles. The zero-order chi connectivity index (χ0) is 10.1. The maximum atomic E-state index is 9.33. The number of nitrogens with zero attached hydrogens (tertiary/aromatic N) is 1. The lowest BCUT2D eigenvalue weighted by Crippen LogP contribution is -2.10. The molecule has 0 fully saturated rings. The Balaban J connectivity index is 2.64. The largest absolute Gasteiger partial charge is 0.508 e. The lowest BCUT2D eigenvalue weighted by molar-refractivity contribution is 0.476. The molecule has 0 saturated heterocycles. The molecule has 0 saturated carbocycles. The van der Waals surface area contributed by atoms with Gasteiger partial charge in [-0.05, 0) is 31.2 Å². The smallest absolute Gasteiger partial charge is 0.116 e. The van der Waals surface area contributed by atoms with Crippen LogP contribution in [0.15, 0.2) is 24.3 Å². The van der Waals surface area contributed by atoms with Crippen molar-refractivity contribution < 1.29 is 5.11 Å². The minimum Gasteiger partial charge on any atom is -0.508 e. The summed E-state index contributed by atoms with van der Waals surface area (Å²) in [6.07, 6.45) is 0. The molecule has 0 aliphatic heterocycles. The van der Waals surface area contributed by atoms with Crippen molar-refractivity contribution in [3.8, 4) is 5.75 Å². The van der Waals surface area contributed by atoms with Gasteiger partial charge in [0.15, 0.2) is 0 Å². The Kier molecular flexibility index (Phi) is 2.17. The van der Waals surface area contributed by atoms with Crippen LogP contribution < -0.4 is 5.73 Å². The molecule has 3 heteroatoms. The third-order valence-electron chi connectivity index (χ3n) is 2.44. The van der Waals surface area contributed by atoms with E-state index in [1.54, 1.807) is 12.1 Å². The van der Waals surface area contributed by atoms with Crippen LogP contribution in [0.3, 0.4) is 0 Å². The van der Waals surface area contributed by atoms with Crippen LogP contribution >= 0.6 is 0 Å². The van der Waals surface area contributed by atoms with Crippen molar-refractivity contribution in [1.29, 1.82) is 0 Å². The lowest BCUT2D eigenvalue weighted by Gasteiger charge is -2.05. The third kappa shape index (κ3) is 1.36. The third-order valence-corrected chi connectivity index (χ3v) is 2.44. The molecule has 2 rings (SSSR count). The molecule has 3 N–H and O–H groups in total. The first-order valence-electron chi connectivity index (χ1n) is 4.71. The number of rotatable bonds is 2. The van der Waals surface area contributed by atoms with E-state index in [2.05, 4.69) is 10.6 Å². The summed E-state index contributed by atoms with van der Waals surface area (Å²) < 4.78 is 2.16. The highest BCUT2D eigenvalue weighted by Gasteiger charge is 2.04. The van der Waals surface area contributed by atoms with Crippen LogP contribution in [0.5, 0.6) is 5.75 Å². The van der Waals surface area contributed by atoms with E-state index in [4.69, 9.17) is 5.73 Å². The summed E-state index contributed by atoms with van der Waals surface area (Å²) in [5.74, 6) is 0.308. The van der Waals surface area contributed by atoms with Gasteiger partial charge in [-0.15, -0.1) is 0 Å². The molecule has 0 radical (unpaired) electrons. The number of aromatic nitrogens is 1. The molecule has 0 spiro atoms. The molecule has 2 aromatic rings. The number of hydrogen-bond acceptors (Lipinski definition) is 2. The Morgan fingerprint density at radius 3 is 2.86 bits per heavy atom. The first-order valence-corrected chi connectivity index (χ1v) is 4.71.